The monoisotopic (exact) mass is 843 g/mol. The molecule has 0 bridgehead atoms. The van der Waals surface area contributed by atoms with Crippen LogP contribution >= 0.6 is 0 Å². The molecule has 0 aromatic heterocycles. The Morgan fingerprint density at radius 3 is 1.07 bits per heavy atom. The summed E-state index contributed by atoms with van der Waals surface area (Å²) in [7, 11) is 3.07. The van der Waals surface area contributed by atoms with Gasteiger partial charge in [-0.1, -0.05) is 0 Å². The quantitative estimate of drug-likeness (QED) is 0.0710. The zero-order valence-corrected chi connectivity index (χ0v) is 31.5. The molecule has 0 atom stereocenters. The Balaban J connectivity index is 5.21. The standard InChI is InChI=1S/C32H54F9N3O12/c1-48-7-9-52-15-17-54-13-11-50-5-3-42-26(45)19-44(20-27(46)43-4-6-51-12-14-55-18-16-53-10-8-49-2)28(47)21-56-25-29(22-30(33,34)35,23-31(36,37)38)24-32(39,40)41/h3-25H2,1-2H3,(H,42,45)(H,43,46). The first-order valence-electron chi connectivity index (χ1n) is 17.3. The minimum absolute atomic E-state index is 0.0100. The third-order valence-corrected chi connectivity index (χ3v) is 6.87. The maximum Gasteiger partial charge on any atom is 0.389 e. The fourth-order valence-electron chi connectivity index (χ4n) is 4.65. The van der Waals surface area contributed by atoms with Gasteiger partial charge in [-0.2, -0.15) is 39.5 Å². The normalized spacial score (nSPS) is 12.6. The van der Waals surface area contributed by atoms with Crippen LogP contribution in [0.15, 0.2) is 0 Å². The third kappa shape index (κ3) is 33.5. The lowest BCUT2D eigenvalue weighted by Crippen LogP contribution is -2.48. The molecular formula is C32H54F9N3O12. The Labute approximate surface area is 319 Å². The molecule has 0 aromatic carbocycles. The van der Waals surface area contributed by atoms with Crippen molar-refractivity contribution in [3.63, 3.8) is 0 Å². The predicted molar refractivity (Wildman–Crippen MR) is 177 cm³/mol. The van der Waals surface area contributed by atoms with Gasteiger partial charge in [0.15, 0.2) is 0 Å². The van der Waals surface area contributed by atoms with Crippen molar-refractivity contribution in [1.82, 2.24) is 15.5 Å². The summed E-state index contributed by atoms with van der Waals surface area (Å²) in [4.78, 5) is 38.7. The molecule has 0 heterocycles. The van der Waals surface area contributed by atoms with E-state index in [4.69, 9.17) is 42.6 Å². The number of hydrogen-bond acceptors (Lipinski definition) is 12. The lowest BCUT2D eigenvalue weighted by atomic mass is 9.78. The molecule has 0 rings (SSSR count). The first kappa shape index (κ1) is 53.4. The first-order valence-corrected chi connectivity index (χ1v) is 17.3. The second-order valence-electron chi connectivity index (χ2n) is 12.0. The van der Waals surface area contributed by atoms with Gasteiger partial charge in [-0.3, -0.25) is 14.4 Å². The van der Waals surface area contributed by atoms with Crippen molar-refractivity contribution in [2.45, 2.75) is 37.8 Å². The maximum atomic E-state index is 13.2. The Morgan fingerprint density at radius 1 is 0.464 bits per heavy atom. The molecule has 0 saturated carbocycles. The molecule has 0 aromatic rings. The van der Waals surface area contributed by atoms with E-state index >= 15 is 0 Å². The molecule has 0 aliphatic heterocycles. The van der Waals surface area contributed by atoms with Crippen LogP contribution in [-0.4, -0.2) is 187 Å². The molecule has 0 fully saturated rings. The summed E-state index contributed by atoms with van der Waals surface area (Å²) in [6, 6.07) is 0. The molecule has 0 saturated heterocycles. The summed E-state index contributed by atoms with van der Waals surface area (Å²) in [6.45, 7) is -1.33. The van der Waals surface area contributed by atoms with Crippen molar-refractivity contribution in [3.8, 4) is 0 Å². The van der Waals surface area contributed by atoms with Crippen LogP contribution in [0.3, 0.4) is 0 Å². The van der Waals surface area contributed by atoms with Gasteiger partial charge in [-0.25, -0.2) is 0 Å². The summed E-state index contributed by atoms with van der Waals surface area (Å²) in [6.07, 6.45) is -23.9. The molecule has 56 heavy (non-hydrogen) atoms. The summed E-state index contributed by atoms with van der Waals surface area (Å²) in [5.74, 6) is -2.99. The van der Waals surface area contributed by atoms with Crippen molar-refractivity contribution in [2.75, 3.05) is 146 Å². The van der Waals surface area contributed by atoms with Gasteiger partial charge in [-0.15, -0.1) is 0 Å². The highest BCUT2D eigenvalue weighted by Crippen LogP contribution is 2.48. The average Bonchev–Trinajstić information content (AvgIpc) is 3.06. The number of methoxy groups -OCH3 is 2. The molecule has 3 amide bonds. The summed E-state index contributed by atoms with van der Waals surface area (Å²) < 4.78 is 165. The predicted octanol–water partition coefficient (Wildman–Crippen LogP) is 2.30. The smallest absolute Gasteiger partial charge is 0.382 e. The lowest BCUT2D eigenvalue weighted by molar-refractivity contribution is -0.235. The summed E-state index contributed by atoms with van der Waals surface area (Å²) in [5, 5.41) is 4.80. The number of halogens is 9. The second kappa shape index (κ2) is 30.5. The number of nitrogens with one attached hydrogen (secondary N) is 2. The minimum Gasteiger partial charge on any atom is -0.382 e. The van der Waals surface area contributed by atoms with E-state index in [-0.39, 0.29) is 52.7 Å². The molecule has 0 spiro atoms. The van der Waals surface area contributed by atoms with Gasteiger partial charge in [0.25, 0.3) is 0 Å². The van der Waals surface area contributed by atoms with Gasteiger partial charge in [0.05, 0.1) is 118 Å². The average molecular weight is 844 g/mol. The molecular weight excluding hydrogens is 789 g/mol. The van der Waals surface area contributed by atoms with Crippen molar-refractivity contribution in [1.29, 1.82) is 0 Å². The number of rotatable bonds is 35. The highest BCUT2D eigenvalue weighted by molar-refractivity contribution is 5.89. The number of hydrogen-bond donors (Lipinski definition) is 2. The van der Waals surface area contributed by atoms with Gasteiger partial charge in [0.2, 0.25) is 17.7 Å². The van der Waals surface area contributed by atoms with E-state index in [9.17, 15) is 53.9 Å². The van der Waals surface area contributed by atoms with Crippen molar-refractivity contribution in [3.05, 3.63) is 0 Å². The summed E-state index contributed by atoms with van der Waals surface area (Å²) in [5.41, 5.74) is -3.56. The number of amides is 3. The fraction of sp³-hybridized carbons (Fsp3) is 0.906. The topological polar surface area (TPSA) is 162 Å². The highest BCUT2D eigenvalue weighted by Gasteiger charge is 2.54. The largest absolute Gasteiger partial charge is 0.389 e. The van der Waals surface area contributed by atoms with Crippen LogP contribution in [0, 0.1) is 5.41 Å². The Bertz CT molecular complexity index is 960. The number of carbonyl (C=O) groups excluding carboxylic acids is 3. The van der Waals surface area contributed by atoms with E-state index in [1.807, 2.05) is 0 Å². The van der Waals surface area contributed by atoms with Gasteiger partial charge in [-0.05, 0) is 0 Å². The highest BCUT2D eigenvalue weighted by atomic mass is 19.4. The molecule has 332 valence electrons. The van der Waals surface area contributed by atoms with Crippen LogP contribution < -0.4 is 10.6 Å². The second-order valence-corrected chi connectivity index (χ2v) is 12.0. The minimum atomic E-state index is -5.46. The van der Waals surface area contributed by atoms with Crippen molar-refractivity contribution in [2.24, 2.45) is 5.41 Å². The van der Waals surface area contributed by atoms with E-state index in [0.29, 0.717) is 57.8 Å². The molecule has 24 heteroatoms. The summed E-state index contributed by atoms with van der Waals surface area (Å²) >= 11 is 0. The molecule has 0 radical (unpaired) electrons. The van der Waals surface area contributed by atoms with Gasteiger partial charge in [0.1, 0.15) is 19.7 Å². The van der Waals surface area contributed by atoms with Crippen LogP contribution in [0.2, 0.25) is 0 Å². The van der Waals surface area contributed by atoms with Crippen LogP contribution in [0.25, 0.3) is 0 Å². The molecule has 15 nitrogen and oxygen atoms in total. The lowest BCUT2D eigenvalue weighted by Gasteiger charge is -2.35. The van der Waals surface area contributed by atoms with E-state index in [0.717, 1.165) is 0 Å². The third-order valence-electron chi connectivity index (χ3n) is 6.87. The maximum absolute atomic E-state index is 13.2. The Morgan fingerprint density at radius 2 is 0.768 bits per heavy atom. The number of nitrogens with zero attached hydrogens (tertiary/aromatic N) is 1. The van der Waals surface area contributed by atoms with Crippen LogP contribution in [0.5, 0.6) is 0 Å². The fourth-order valence-corrected chi connectivity index (χ4v) is 4.65. The Kier molecular flexibility index (Phi) is 29.1. The van der Waals surface area contributed by atoms with Crippen LogP contribution in [0.4, 0.5) is 39.5 Å². The molecule has 0 aliphatic carbocycles. The van der Waals surface area contributed by atoms with Crippen molar-refractivity contribution < 1.29 is 96.5 Å². The first-order chi connectivity index (χ1) is 26.3. The Hall–Kier alpha value is -2.58. The van der Waals surface area contributed by atoms with Gasteiger partial charge >= 0.3 is 18.5 Å². The van der Waals surface area contributed by atoms with Crippen LogP contribution in [0.1, 0.15) is 19.3 Å². The molecule has 2 N–H and O–H groups in total. The van der Waals surface area contributed by atoms with E-state index in [2.05, 4.69) is 10.6 Å². The van der Waals surface area contributed by atoms with Gasteiger partial charge in [0, 0.05) is 32.7 Å². The zero-order chi connectivity index (χ0) is 42.4. The molecule has 0 aliphatic rings. The van der Waals surface area contributed by atoms with Crippen molar-refractivity contribution >= 4 is 17.7 Å². The van der Waals surface area contributed by atoms with Gasteiger partial charge < -0.3 is 58.2 Å². The SMILES string of the molecule is COCCOCCOCCOCCNC(=O)CN(CC(=O)NCCOCCOCCOCCOC)C(=O)COCC(CC(F)(F)F)(CC(F)(F)F)CC(F)(F)F. The number of ether oxygens (including phenoxy) is 9. The van der Waals surface area contributed by atoms with Crippen LogP contribution in [-0.2, 0) is 57.0 Å². The zero-order valence-electron chi connectivity index (χ0n) is 31.5. The number of alkyl halides is 9. The molecule has 0 unspecified atom stereocenters. The number of carbonyl (C=O) groups is 3. The van der Waals surface area contributed by atoms with E-state index in [1.54, 1.807) is 0 Å². The van der Waals surface area contributed by atoms with E-state index < -0.39 is 87.2 Å². The van der Waals surface area contributed by atoms with E-state index in [1.165, 1.54) is 14.2 Å².